The van der Waals surface area contributed by atoms with E-state index in [2.05, 4.69) is 57.2 Å². The van der Waals surface area contributed by atoms with Gasteiger partial charge in [0.1, 0.15) is 5.82 Å². The van der Waals surface area contributed by atoms with Crippen molar-refractivity contribution >= 4 is 31.6 Å². The first kappa shape index (κ1) is 34.7. The van der Waals surface area contributed by atoms with E-state index in [1.54, 1.807) is 23.2 Å². The van der Waals surface area contributed by atoms with E-state index in [0.717, 1.165) is 34.5 Å². The number of hydrogen-bond donors (Lipinski definition) is 1. The zero-order valence-electron chi connectivity index (χ0n) is 28.0. The van der Waals surface area contributed by atoms with E-state index < -0.39 is 31.4 Å². The summed E-state index contributed by atoms with van der Waals surface area (Å²) in [5.74, 6) is -0.327. The molecule has 2 aliphatic heterocycles. The number of ether oxygens (including phenoxy) is 1. The average molecular weight is 669 g/mol. The van der Waals surface area contributed by atoms with Gasteiger partial charge in [0.25, 0.3) is 5.91 Å². The summed E-state index contributed by atoms with van der Waals surface area (Å²) in [7, 11) is -2.03. The van der Waals surface area contributed by atoms with Gasteiger partial charge in [0, 0.05) is 60.6 Å². The lowest BCUT2D eigenvalue weighted by Gasteiger charge is -2.45. The van der Waals surface area contributed by atoms with E-state index in [1.807, 2.05) is 13.0 Å². The summed E-state index contributed by atoms with van der Waals surface area (Å²) in [6, 6.07) is 8.19. The van der Waals surface area contributed by atoms with Crippen molar-refractivity contribution in [1.29, 1.82) is 0 Å². The average Bonchev–Trinajstić information content (AvgIpc) is 3.21. The Labute approximate surface area is 275 Å². The number of halogens is 3. The predicted molar refractivity (Wildman–Crippen MR) is 178 cm³/mol. The maximum Gasteiger partial charge on any atom is 0.417 e. The van der Waals surface area contributed by atoms with Crippen LogP contribution < -0.4 is 10.2 Å². The molecule has 8 nitrogen and oxygen atoms in total. The number of benzene rings is 1. The van der Waals surface area contributed by atoms with E-state index in [0.29, 0.717) is 56.9 Å². The van der Waals surface area contributed by atoms with Gasteiger partial charge >= 0.3 is 6.18 Å². The first-order valence-corrected chi connectivity index (χ1v) is 18.8. The van der Waals surface area contributed by atoms with E-state index >= 15 is 0 Å². The number of amides is 2. The number of pyridine rings is 2. The number of fused-ring (bicyclic) bond motifs is 3. The third kappa shape index (κ3) is 7.00. The summed E-state index contributed by atoms with van der Waals surface area (Å²) in [6.45, 7) is 16.8. The van der Waals surface area contributed by atoms with Crippen molar-refractivity contribution < 1.29 is 31.9 Å². The Morgan fingerprint density at radius 2 is 1.87 bits per heavy atom. The van der Waals surface area contributed by atoms with Crippen LogP contribution in [-0.2, 0) is 25.5 Å². The van der Waals surface area contributed by atoms with E-state index in [-0.39, 0.29) is 22.4 Å². The number of carbonyl (C=O) groups excluding carboxylic acids is 2. The molecule has 0 saturated carbocycles. The van der Waals surface area contributed by atoms with Crippen LogP contribution in [0.1, 0.15) is 67.6 Å². The van der Waals surface area contributed by atoms with Gasteiger partial charge < -0.3 is 14.5 Å². The molecule has 1 N–H and O–H groups in total. The highest BCUT2D eigenvalue weighted by molar-refractivity contribution is 6.74. The lowest BCUT2D eigenvalue weighted by molar-refractivity contribution is -0.137. The van der Waals surface area contributed by atoms with Gasteiger partial charge in [-0.25, -0.2) is 4.98 Å². The first-order valence-electron chi connectivity index (χ1n) is 15.9. The molecule has 2 amide bonds. The lowest BCUT2D eigenvalue weighted by Crippen LogP contribution is -2.53. The summed E-state index contributed by atoms with van der Waals surface area (Å²) in [5, 5.41) is 2.75. The molecule has 3 aromatic rings. The Balaban J connectivity index is 1.48. The number of rotatable bonds is 7. The minimum atomic E-state index is -4.61. The molecule has 0 unspecified atom stereocenters. The molecule has 2 atom stereocenters. The van der Waals surface area contributed by atoms with Crippen LogP contribution in [0.25, 0.3) is 11.1 Å². The zero-order valence-corrected chi connectivity index (χ0v) is 29.0. The molecule has 252 valence electrons. The lowest BCUT2D eigenvalue weighted by atomic mass is 9.66. The Bertz CT molecular complexity index is 1670. The molecule has 1 fully saturated rings. The number of anilines is 2. The second kappa shape index (κ2) is 12.8. The molecule has 0 aliphatic carbocycles. The number of aryl methyl sites for hydroxylation is 1. The van der Waals surface area contributed by atoms with E-state index in [1.165, 1.54) is 0 Å². The van der Waals surface area contributed by atoms with Gasteiger partial charge in [-0.15, -0.1) is 0 Å². The second-order valence-electron chi connectivity index (χ2n) is 14.3. The number of carbonyl (C=O) groups is 2. The molecular formula is C35H43F3N4O4Si. The summed E-state index contributed by atoms with van der Waals surface area (Å²) < 4.78 is 51.9. The number of hydrogen-bond acceptors (Lipinski definition) is 6. The van der Waals surface area contributed by atoms with Gasteiger partial charge in [-0.2, -0.15) is 13.2 Å². The number of nitrogens with zero attached hydrogens (tertiary/aromatic N) is 3. The molecule has 12 heteroatoms. The standard InChI is InChI=1S/C35H43F3N4O4Si/c1-22-8-9-26(41-31(43)24-16-25(21-39-19-24)35(36,37)38)18-27(22)23-17-29-30(40-20-23)42(12-15-46-47(6,7)33(2,3)4)32(44)28-10-13-45-14-11-34(28,29)5/h8-9,16-21,28H,10-15H2,1-7H3,(H,41,43)/t28-,34+/m1/s1. The fourth-order valence-corrected chi connectivity index (χ4v) is 7.12. The van der Waals surface area contributed by atoms with Crippen molar-refractivity contribution in [3.05, 3.63) is 71.2 Å². The molecule has 4 heterocycles. The molecule has 5 rings (SSSR count). The third-order valence-electron chi connectivity index (χ3n) is 10.1. The molecule has 1 aromatic carbocycles. The topological polar surface area (TPSA) is 93.7 Å². The molecule has 2 aliphatic rings. The van der Waals surface area contributed by atoms with Crippen LogP contribution in [0.5, 0.6) is 0 Å². The van der Waals surface area contributed by atoms with Crippen LogP contribution in [0.15, 0.2) is 48.9 Å². The quantitative estimate of drug-likeness (QED) is 0.259. The summed E-state index contributed by atoms with van der Waals surface area (Å²) in [5.41, 5.74) is 2.20. The van der Waals surface area contributed by atoms with Gasteiger partial charge in [-0.3, -0.25) is 19.5 Å². The third-order valence-corrected chi connectivity index (χ3v) is 14.6. The molecule has 0 radical (unpaired) electrons. The number of aromatic nitrogens is 2. The van der Waals surface area contributed by atoms with Crippen LogP contribution >= 0.6 is 0 Å². The molecule has 0 spiro atoms. The smallest absolute Gasteiger partial charge is 0.415 e. The van der Waals surface area contributed by atoms with Crippen molar-refractivity contribution in [1.82, 2.24) is 9.97 Å². The van der Waals surface area contributed by atoms with Crippen molar-refractivity contribution in [2.45, 2.75) is 77.2 Å². The van der Waals surface area contributed by atoms with Crippen molar-refractivity contribution in [3.63, 3.8) is 0 Å². The van der Waals surface area contributed by atoms with Gasteiger partial charge in [0.2, 0.25) is 5.91 Å². The van der Waals surface area contributed by atoms with E-state index in [9.17, 15) is 22.8 Å². The molecule has 47 heavy (non-hydrogen) atoms. The highest BCUT2D eigenvalue weighted by Gasteiger charge is 2.50. The Morgan fingerprint density at radius 1 is 1.13 bits per heavy atom. The molecule has 1 saturated heterocycles. The first-order chi connectivity index (χ1) is 21.9. The second-order valence-corrected chi connectivity index (χ2v) is 19.1. The SMILES string of the molecule is Cc1ccc(NC(=O)c2cncc(C(F)(F)F)c2)cc1-c1cnc2c(c1)[C@@]1(C)CCOCC[C@@H]1C(=O)N2CCO[Si](C)(C)C(C)(C)C. The minimum Gasteiger partial charge on any atom is -0.415 e. The number of nitrogens with one attached hydrogen (secondary N) is 1. The molecular weight excluding hydrogens is 625 g/mol. The Kier molecular flexibility index (Phi) is 9.44. The highest BCUT2D eigenvalue weighted by atomic mass is 28.4. The van der Waals surface area contributed by atoms with Crippen LogP contribution in [0.4, 0.5) is 24.7 Å². The summed E-state index contributed by atoms with van der Waals surface area (Å²) in [6.07, 6.45) is 0.169. The molecule has 0 bridgehead atoms. The Hall–Kier alpha value is -3.61. The predicted octanol–water partition coefficient (Wildman–Crippen LogP) is 7.78. The largest absolute Gasteiger partial charge is 0.417 e. The van der Waals surface area contributed by atoms with Crippen molar-refractivity contribution in [3.8, 4) is 11.1 Å². The minimum absolute atomic E-state index is 0.0366. The van der Waals surface area contributed by atoms with E-state index in [4.69, 9.17) is 14.1 Å². The summed E-state index contributed by atoms with van der Waals surface area (Å²) in [4.78, 5) is 37.3. The van der Waals surface area contributed by atoms with Crippen LogP contribution in [0.3, 0.4) is 0 Å². The maximum absolute atomic E-state index is 14.1. The van der Waals surface area contributed by atoms with Gasteiger partial charge in [-0.05, 0) is 73.3 Å². The fourth-order valence-electron chi connectivity index (χ4n) is 6.09. The number of alkyl halides is 3. The van der Waals surface area contributed by atoms with Crippen LogP contribution in [0.2, 0.25) is 18.1 Å². The van der Waals surface area contributed by atoms with Crippen molar-refractivity contribution in [2.75, 3.05) is 36.6 Å². The van der Waals surface area contributed by atoms with Crippen molar-refractivity contribution in [2.24, 2.45) is 5.92 Å². The van der Waals surface area contributed by atoms with Gasteiger partial charge in [0.05, 0.1) is 23.7 Å². The van der Waals surface area contributed by atoms with Gasteiger partial charge in [0.15, 0.2) is 8.32 Å². The molecule has 2 aromatic heterocycles. The summed E-state index contributed by atoms with van der Waals surface area (Å²) >= 11 is 0. The maximum atomic E-state index is 14.1. The van der Waals surface area contributed by atoms with Crippen LogP contribution in [-0.4, -0.2) is 56.5 Å². The highest BCUT2D eigenvalue weighted by Crippen LogP contribution is 2.49. The monoisotopic (exact) mass is 668 g/mol. The zero-order chi connectivity index (χ0) is 34.4. The van der Waals surface area contributed by atoms with Crippen LogP contribution in [0, 0.1) is 12.8 Å². The Morgan fingerprint density at radius 3 is 2.57 bits per heavy atom. The normalized spacial score (nSPS) is 20.3. The van der Waals surface area contributed by atoms with Gasteiger partial charge in [-0.1, -0.05) is 33.8 Å². The fraction of sp³-hybridized carbons (Fsp3) is 0.486.